The number of fused-ring (bicyclic) bond motifs is 1. The minimum Gasteiger partial charge on any atom is -0.371 e. The quantitative estimate of drug-likeness (QED) is 0.177. The Morgan fingerprint density at radius 1 is 0.468 bits per heavy atom. The average Bonchev–Trinajstić information content (AvgIpc) is 3.16. The Morgan fingerprint density at radius 3 is 1.79 bits per heavy atom. The molecule has 1 aliphatic carbocycles. The Morgan fingerprint density at radius 2 is 1.09 bits per heavy atom. The Hall–Kier alpha value is -4.82. The van der Waals surface area contributed by atoms with Crippen LogP contribution in [0.15, 0.2) is 152 Å². The highest BCUT2D eigenvalue weighted by Gasteiger charge is 2.33. The summed E-state index contributed by atoms with van der Waals surface area (Å²) in [6.45, 7) is 2.23. The van der Waals surface area contributed by atoms with Crippen LogP contribution >= 0.6 is 0 Å². The second-order valence-corrected chi connectivity index (χ2v) is 13.5. The van der Waals surface area contributed by atoms with Gasteiger partial charge in [0.05, 0.1) is 0 Å². The van der Waals surface area contributed by atoms with Crippen LogP contribution in [0.1, 0.15) is 50.0 Å². The Balaban J connectivity index is 1.05. The minimum atomic E-state index is 0.566. The number of rotatable bonds is 7. The summed E-state index contributed by atoms with van der Waals surface area (Å²) >= 11 is 0. The van der Waals surface area contributed by atoms with Crippen LogP contribution in [0.2, 0.25) is 0 Å². The van der Waals surface area contributed by atoms with Gasteiger partial charge in [-0.05, 0) is 113 Å². The number of hydrogen-bond acceptors (Lipinski definition) is 2. The number of para-hydroxylation sites is 1. The second-order valence-electron chi connectivity index (χ2n) is 13.5. The molecule has 0 atom stereocenters. The molecule has 1 saturated carbocycles. The lowest BCUT2D eigenvalue weighted by molar-refractivity contribution is 0.336. The molecule has 6 aromatic carbocycles. The Bertz CT molecular complexity index is 1820. The maximum absolute atomic E-state index is 2.85. The smallest absolute Gasteiger partial charge is 0.0371 e. The predicted molar refractivity (Wildman–Crippen MR) is 200 cm³/mol. The van der Waals surface area contributed by atoms with Crippen molar-refractivity contribution in [1.29, 1.82) is 0 Å². The van der Waals surface area contributed by atoms with Crippen molar-refractivity contribution >= 4 is 22.1 Å². The standard InChI is InChI=1S/C45H44N2/c1-4-11-34(12-5-1)35-19-24-41(25-20-35)47(43-29-31-46(32-30-43)40-16-8-3-9-17-40)42-26-21-36(22-27-42)38-23-28-45-39(33-38)15-10-18-44(45)37-13-6-2-7-14-37/h1-18,21-23,26-28,33,35,41,43H,19-20,24-25,29-32H2. The van der Waals surface area contributed by atoms with Crippen molar-refractivity contribution in [3.8, 4) is 22.3 Å². The molecule has 6 aromatic rings. The van der Waals surface area contributed by atoms with E-state index in [1.807, 2.05) is 0 Å². The number of piperidine rings is 1. The molecule has 2 heteroatoms. The van der Waals surface area contributed by atoms with Crippen LogP contribution in [0.4, 0.5) is 11.4 Å². The highest BCUT2D eigenvalue weighted by Crippen LogP contribution is 2.39. The van der Waals surface area contributed by atoms with Crippen molar-refractivity contribution in [2.45, 2.75) is 56.5 Å². The first-order chi connectivity index (χ1) is 23.3. The lowest BCUT2D eigenvalue weighted by atomic mass is 9.80. The van der Waals surface area contributed by atoms with E-state index in [0.29, 0.717) is 18.0 Å². The first-order valence-electron chi connectivity index (χ1n) is 17.6. The normalized spacial score (nSPS) is 18.7. The maximum Gasteiger partial charge on any atom is 0.0371 e. The highest BCUT2D eigenvalue weighted by molar-refractivity contribution is 5.98. The van der Waals surface area contributed by atoms with Gasteiger partial charge in [0.25, 0.3) is 0 Å². The fourth-order valence-electron chi connectivity index (χ4n) is 8.33. The van der Waals surface area contributed by atoms with Crippen LogP contribution in [-0.4, -0.2) is 25.2 Å². The number of anilines is 2. The molecule has 2 aliphatic rings. The zero-order chi connectivity index (χ0) is 31.4. The summed E-state index contributed by atoms with van der Waals surface area (Å²) in [5.74, 6) is 0.687. The van der Waals surface area contributed by atoms with E-state index in [9.17, 15) is 0 Å². The van der Waals surface area contributed by atoms with Gasteiger partial charge in [-0.1, -0.05) is 121 Å². The van der Waals surface area contributed by atoms with Gasteiger partial charge in [-0.2, -0.15) is 0 Å². The Kier molecular flexibility index (Phi) is 8.49. The zero-order valence-corrected chi connectivity index (χ0v) is 27.2. The van der Waals surface area contributed by atoms with Crippen LogP contribution in [0.5, 0.6) is 0 Å². The topological polar surface area (TPSA) is 6.48 Å². The average molecular weight is 613 g/mol. The van der Waals surface area contributed by atoms with Crippen LogP contribution in [0, 0.1) is 0 Å². The summed E-state index contributed by atoms with van der Waals surface area (Å²) in [5, 5.41) is 2.59. The molecule has 1 heterocycles. The van der Waals surface area contributed by atoms with Gasteiger partial charge in [0.1, 0.15) is 0 Å². The lowest BCUT2D eigenvalue weighted by Gasteiger charge is -2.46. The summed E-state index contributed by atoms with van der Waals surface area (Å²) < 4.78 is 0. The van der Waals surface area contributed by atoms with Crippen LogP contribution in [0.25, 0.3) is 33.0 Å². The van der Waals surface area contributed by atoms with E-state index in [1.165, 1.54) is 88.5 Å². The molecule has 0 spiro atoms. The van der Waals surface area contributed by atoms with E-state index < -0.39 is 0 Å². The summed E-state index contributed by atoms with van der Waals surface area (Å²) in [6.07, 6.45) is 7.46. The molecule has 0 unspecified atom stereocenters. The zero-order valence-electron chi connectivity index (χ0n) is 27.2. The van der Waals surface area contributed by atoms with Gasteiger partial charge < -0.3 is 9.80 Å². The first-order valence-corrected chi connectivity index (χ1v) is 17.6. The summed E-state index contributed by atoms with van der Waals surface area (Å²) in [7, 11) is 0. The number of benzene rings is 6. The first kappa shape index (κ1) is 29.6. The van der Waals surface area contributed by atoms with E-state index in [1.54, 1.807) is 0 Å². The van der Waals surface area contributed by atoms with Crippen molar-refractivity contribution in [2.75, 3.05) is 22.9 Å². The molecule has 1 saturated heterocycles. The number of hydrogen-bond donors (Lipinski definition) is 0. The molecule has 0 radical (unpaired) electrons. The molecule has 8 rings (SSSR count). The van der Waals surface area contributed by atoms with Crippen molar-refractivity contribution in [3.63, 3.8) is 0 Å². The van der Waals surface area contributed by atoms with Gasteiger partial charge >= 0.3 is 0 Å². The molecule has 2 fully saturated rings. The molecule has 0 N–H and O–H groups in total. The molecule has 0 bridgehead atoms. The van der Waals surface area contributed by atoms with E-state index in [2.05, 4.69) is 161 Å². The van der Waals surface area contributed by atoms with Gasteiger partial charge in [-0.3, -0.25) is 0 Å². The maximum atomic E-state index is 2.85. The van der Waals surface area contributed by atoms with Crippen LogP contribution in [0.3, 0.4) is 0 Å². The van der Waals surface area contributed by atoms with Gasteiger partial charge in [-0.15, -0.1) is 0 Å². The second kappa shape index (κ2) is 13.5. The third-order valence-electron chi connectivity index (χ3n) is 10.8. The Labute approximate surface area is 280 Å². The van der Waals surface area contributed by atoms with Crippen molar-refractivity contribution in [1.82, 2.24) is 0 Å². The molecule has 0 amide bonds. The third-order valence-corrected chi connectivity index (χ3v) is 10.8. The van der Waals surface area contributed by atoms with E-state index in [0.717, 1.165) is 13.1 Å². The SMILES string of the molecule is c1ccc(-c2cccc3cc(-c4ccc(N(C5CCC(c6ccccc6)CC5)C5CCN(c6ccccc6)CC5)cc4)ccc23)cc1. The monoisotopic (exact) mass is 612 g/mol. The van der Waals surface area contributed by atoms with Crippen molar-refractivity contribution < 1.29 is 0 Å². The fourth-order valence-corrected chi connectivity index (χ4v) is 8.33. The molecular weight excluding hydrogens is 569 g/mol. The number of nitrogens with zero attached hydrogens (tertiary/aromatic N) is 2. The van der Waals surface area contributed by atoms with Crippen molar-refractivity contribution in [3.05, 3.63) is 157 Å². The highest BCUT2D eigenvalue weighted by atomic mass is 15.2. The minimum absolute atomic E-state index is 0.566. The van der Waals surface area contributed by atoms with Crippen LogP contribution in [-0.2, 0) is 0 Å². The van der Waals surface area contributed by atoms with Gasteiger partial charge in [0.2, 0.25) is 0 Å². The summed E-state index contributed by atoms with van der Waals surface area (Å²) in [5.41, 5.74) is 9.39. The van der Waals surface area contributed by atoms with Gasteiger partial charge in [0, 0.05) is 36.5 Å². The van der Waals surface area contributed by atoms with E-state index >= 15 is 0 Å². The van der Waals surface area contributed by atoms with Gasteiger partial charge in [0.15, 0.2) is 0 Å². The molecule has 0 aromatic heterocycles. The molecule has 47 heavy (non-hydrogen) atoms. The largest absolute Gasteiger partial charge is 0.371 e. The van der Waals surface area contributed by atoms with Crippen LogP contribution < -0.4 is 9.80 Å². The fraction of sp³-hybridized carbons (Fsp3) is 0.244. The third kappa shape index (κ3) is 6.30. The summed E-state index contributed by atoms with van der Waals surface area (Å²) in [4.78, 5) is 5.42. The molecule has 2 nitrogen and oxygen atoms in total. The van der Waals surface area contributed by atoms with Crippen molar-refractivity contribution in [2.24, 2.45) is 0 Å². The van der Waals surface area contributed by atoms with E-state index in [4.69, 9.17) is 0 Å². The molecule has 1 aliphatic heterocycles. The van der Waals surface area contributed by atoms with E-state index in [-0.39, 0.29) is 0 Å². The van der Waals surface area contributed by atoms with Gasteiger partial charge in [-0.25, -0.2) is 0 Å². The molecular formula is C45H44N2. The lowest BCUT2D eigenvalue weighted by Crippen LogP contribution is -2.50. The molecule has 234 valence electrons. The summed E-state index contributed by atoms with van der Waals surface area (Å²) in [6, 6.07) is 57.2. The predicted octanol–water partition coefficient (Wildman–Crippen LogP) is 11.4.